The number of nitrogens with zero attached hydrogens (tertiary/aromatic N) is 1. The number of nitrogens with one attached hydrogen (secondary N) is 1. The van der Waals surface area contributed by atoms with Crippen LogP contribution in [-0.4, -0.2) is 50.1 Å². The van der Waals surface area contributed by atoms with Crippen molar-refractivity contribution in [1.82, 2.24) is 4.90 Å². The number of hydrogen-bond acceptors (Lipinski definition) is 5. The van der Waals surface area contributed by atoms with Crippen molar-refractivity contribution in [2.24, 2.45) is 5.92 Å². The SMILES string of the molecule is CCOC(=O)C1CCN(C(=O)CNc2ccc(OC)c(Cl)c2)CC1. The summed E-state index contributed by atoms with van der Waals surface area (Å²) in [6.07, 6.45) is 1.30. The van der Waals surface area contributed by atoms with E-state index in [1.165, 1.54) is 0 Å². The van der Waals surface area contributed by atoms with Crippen LogP contribution in [0, 0.1) is 5.92 Å². The van der Waals surface area contributed by atoms with E-state index in [1.807, 2.05) is 6.07 Å². The minimum Gasteiger partial charge on any atom is -0.495 e. The van der Waals surface area contributed by atoms with E-state index < -0.39 is 0 Å². The molecule has 1 aliphatic rings. The smallest absolute Gasteiger partial charge is 0.309 e. The number of halogens is 1. The molecule has 1 aromatic carbocycles. The number of carbonyl (C=O) groups excluding carboxylic acids is 2. The predicted octanol–water partition coefficient (Wildman–Crippen LogP) is 2.56. The van der Waals surface area contributed by atoms with E-state index in [4.69, 9.17) is 21.1 Å². The third kappa shape index (κ3) is 4.77. The first-order valence-corrected chi connectivity index (χ1v) is 8.44. The normalized spacial score (nSPS) is 15.0. The molecule has 0 atom stereocenters. The van der Waals surface area contributed by atoms with E-state index in [9.17, 15) is 9.59 Å². The Hall–Kier alpha value is -1.95. The first-order valence-electron chi connectivity index (χ1n) is 8.07. The number of benzene rings is 1. The summed E-state index contributed by atoms with van der Waals surface area (Å²) in [5.41, 5.74) is 0.760. The molecule has 1 N–H and O–H groups in total. The zero-order valence-corrected chi connectivity index (χ0v) is 14.8. The molecule has 1 heterocycles. The van der Waals surface area contributed by atoms with Crippen LogP contribution in [0.2, 0.25) is 5.02 Å². The molecule has 0 bridgehead atoms. The van der Waals surface area contributed by atoms with Crippen LogP contribution >= 0.6 is 11.6 Å². The Labute approximate surface area is 147 Å². The highest BCUT2D eigenvalue weighted by Crippen LogP contribution is 2.27. The molecule has 0 aromatic heterocycles. The average molecular weight is 355 g/mol. The minimum absolute atomic E-state index is 0.00393. The Bertz CT molecular complexity index is 586. The molecule has 24 heavy (non-hydrogen) atoms. The number of anilines is 1. The summed E-state index contributed by atoms with van der Waals surface area (Å²) in [7, 11) is 1.55. The van der Waals surface area contributed by atoms with Gasteiger partial charge in [0.1, 0.15) is 5.75 Å². The van der Waals surface area contributed by atoms with Crippen molar-refractivity contribution < 1.29 is 19.1 Å². The van der Waals surface area contributed by atoms with Crippen molar-refractivity contribution in [3.05, 3.63) is 23.2 Å². The number of piperidine rings is 1. The second kappa shape index (κ2) is 8.78. The zero-order valence-electron chi connectivity index (χ0n) is 14.0. The predicted molar refractivity (Wildman–Crippen MR) is 92.4 cm³/mol. The van der Waals surface area contributed by atoms with Crippen LogP contribution in [0.15, 0.2) is 18.2 Å². The van der Waals surface area contributed by atoms with Gasteiger partial charge in [0.2, 0.25) is 5.91 Å². The van der Waals surface area contributed by atoms with Crippen LogP contribution in [0.25, 0.3) is 0 Å². The number of ether oxygens (including phenoxy) is 2. The first kappa shape index (κ1) is 18.4. The van der Waals surface area contributed by atoms with E-state index in [0.717, 1.165) is 5.69 Å². The van der Waals surface area contributed by atoms with Crippen LogP contribution < -0.4 is 10.1 Å². The topological polar surface area (TPSA) is 67.9 Å². The van der Waals surface area contributed by atoms with Gasteiger partial charge < -0.3 is 19.7 Å². The molecule has 0 unspecified atom stereocenters. The van der Waals surface area contributed by atoms with Crippen LogP contribution in [0.3, 0.4) is 0 Å². The van der Waals surface area contributed by atoms with Crippen LogP contribution in [0.4, 0.5) is 5.69 Å². The van der Waals surface area contributed by atoms with Crippen molar-refractivity contribution in [3.8, 4) is 5.75 Å². The largest absolute Gasteiger partial charge is 0.495 e. The first-order chi connectivity index (χ1) is 11.5. The van der Waals surface area contributed by atoms with Gasteiger partial charge in [-0.15, -0.1) is 0 Å². The Kier molecular flexibility index (Phi) is 6.73. The fraction of sp³-hybridized carbons (Fsp3) is 0.529. The highest BCUT2D eigenvalue weighted by molar-refractivity contribution is 6.32. The molecule has 0 spiro atoms. The molecule has 1 saturated heterocycles. The van der Waals surface area contributed by atoms with Gasteiger partial charge >= 0.3 is 5.97 Å². The molecule has 2 rings (SSSR count). The molecular weight excluding hydrogens is 332 g/mol. The van der Waals surface area contributed by atoms with Gasteiger partial charge in [-0.25, -0.2) is 0 Å². The quantitative estimate of drug-likeness (QED) is 0.795. The molecular formula is C17H23ClN2O4. The molecule has 1 aliphatic heterocycles. The molecule has 1 aromatic rings. The number of rotatable bonds is 6. The summed E-state index contributed by atoms with van der Waals surface area (Å²) in [4.78, 5) is 25.8. The van der Waals surface area contributed by atoms with E-state index in [-0.39, 0.29) is 24.3 Å². The van der Waals surface area contributed by atoms with Crippen molar-refractivity contribution in [1.29, 1.82) is 0 Å². The van der Waals surface area contributed by atoms with Gasteiger partial charge in [0.25, 0.3) is 0 Å². The fourth-order valence-electron chi connectivity index (χ4n) is 2.69. The average Bonchev–Trinajstić information content (AvgIpc) is 2.60. The van der Waals surface area contributed by atoms with Gasteiger partial charge in [0, 0.05) is 18.8 Å². The van der Waals surface area contributed by atoms with Gasteiger partial charge in [0.15, 0.2) is 0 Å². The third-order valence-electron chi connectivity index (χ3n) is 4.06. The highest BCUT2D eigenvalue weighted by Gasteiger charge is 2.27. The lowest BCUT2D eigenvalue weighted by atomic mass is 9.97. The third-order valence-corrected chi connectivity index (χ3v) is 4.36. The van der Waals surface area contributed by atoms with E-state index in [1.54, 1.807) is 31.1 Å². The lowest BCUT2D eigenvalue weighted by Crippen LogP contribution is -2.43. The van der Waals surface area contributed by atoms with Gasteiger partial charge in [-0.3, -0.25) is 9.59 Å². The van der Waals surface area contributed by atoms with Crippen LogP contribution in [0.1, 0.15) is 19.8 Å². The zero-order chi connectivity index (χ0) is 17.5. The van der Waals surface area contributed by atoms with Crippen molar-refractivity contribution in [3.63, 3.8) is 0 Å². The van der Waals surface area contributed by atoms with Crippen molar-refractivity contribution >= 4 is 29.2 Å². The van der Waals surface area contributed by atoms with Crippen molar-refractivity contribution in [2.45, 2.75) is 19.8 Å². The Balaban J connectivity index is 1.79. The summed E-state index contributed by atoms with van der Waals surface area (Å²) < 4.78 is 10.1. The second-order valence-electron chi connectivity index (χ2n) is 5.61. The van der Waals surface area contributed by atoms with Gasteiger partial charge in [-0.1, -0.05) is 11.6 Å². The summed E-state index contributed by atoms with van der Waals surface area (Å²) >= 11 is 6.06. The van der Waals surface area contributed by atoms with Gasteiger partial charge in [0.05, 0.1) is 31.2 Å². The fourth-order valence-corrected chi connectivity index (χ4v) is 2.95. The maximum absolute atomic E-state index is 12.3. The van der Waals surface area contributed by atoms with Crippen molar-refractivity contribution in [2.75, 3.05) is 38.7 Å². The van der Waals surface area contributed by atoms with E-state index >= 15 is 0 Å². The number of methoxy groups -OCH3 is 1. The molecule has 1 fully saturated rings. The van der Waals surface area contributed by atoms with Gasteiger partial charge in [-0.2, -0.15) is 0 Å². The van der Waals surface area contributed by atoms with Crippen LogP contribution in [-0.2, 0) is 14.3 Å². The second-order valence-corrected chi connectivity index (χ2v) is 6.02. The Morgan fingerprint density at radius 2 is 2.04 bits per heavy atom. The Morgan fingerprint density at radius 3 is 2.62 bits per heavy atom. The summed E-state index contributed by atoms with van der Waals surface area (Å²) in [5.74, 6) is 0.344. The summed E-state index contributed by atoms with van der Waals surface area (Å²) in [6.45, 7) is 3.54. The highest BCUT2D eigenvalue weighted by atomic mass is 35.5. The number of hydrogen-bond donors (Lipinski definition) is 1. The number of carbonyl (C=O) groups is 2. The lowest BCUT2D eigenvalue weighted by molar-refractivity contribution is -0.151. The van der Waals surface area contributed by atoms with Crippen LogP contribution in [0.5, 0.6) is 5.75 Å². The summed E-state index contributed by atoms with van der Waals surface area (Å²) in [5, 5.41) is 3.56. The molecule has 0 saturated carbocycles. The standard InChI is InChI=1S/C17H23ClN2O4/c1-3-24-17(22)12-6-8-20(9-7-12)16(21)11-19-13-4-5-15(23-2)14(18)10-13/h4-5,10,12,19H,3,6-9,11H2,1-2H3. The maximum Gasteiger partial charge on any atom is 0.309 e. The lowest BCUT2D eigenvalue weighted by Gasteiger charge is -2.31. The van der Waals surface area contributed by atoms with Gasteiger partial charge in [-0.05, 0) is 38.0 Å². The molecule has 0 aliphatic carbocycles. The Morgan fingerprint density at radius 1 is 1.33 bits per heavy atom. The molecule has 7 heteroatoms. The number of amides is 1. The van der Waals surface area contributed by atoms with E-state index in [0.29, 0.717) is 43.3 Å². The van der Waals surface area contributed by atoms with E-state index in [2.05, 4.69) is 5.32 Å². The maximum atomic E-state index is 12.3. The molecule has 1 amide bonds. The number of esters is 1. The summed E-state index contributed by atoms with van der Waals surface area (Å²) in [6, 6.07) is 5.28. The minimum atomic E-state index is -0.157. The number of likely N-dealkylation sites (tertiary alicyclic amines) is 1. The monoisotopic (exact) mass is 354 g/mol. The molecule has 6 nitrogen and oxygen atoms in total. The molecule has 0 radical (unpaired) electrons. The molecule has 132 valence electrons.